The summed E-state index contributed by atoms with van der Waals surface area (Å²) in [5.41, 5.74) is 0.985. The molecule has 4 rings (SSSR count). The average Bonchev–Trinajstić information content (AvgIpc) is 3.18. The van der Waals surface area contributed by atoms with Crippen molar-refractivity contribution < 1.29 is 4.79 Å². The molecule has 0 radical (unpaired) electrons. The first kappa shape index (κ1) is 13.8. The summed E-state index contributed by atoms with van der Waals surface area (Å²) in [4.78, 5) is 14.4. The quantitative estimate of drug-likeness (QED) is 0.845. The second-order valence-electron chi connectivity index (χ2n) is 5.68. The van der Waals surface area contributed by atoms with Crippen molar-refractivity contribution in [3.05, 3.63) is 36.2 Å². The van der Waals surface area contributed by atoms with Crippen molar-refractivity contribution in [1.29, 1.82) is 0 Å². The lowest BCUT2D eigenvalue weighted by molar-refractivity contribution is -0.116. The van der Waals surface area contributed by atoms with E-state index < -0.39 is 0 Å². The van der Waals surface area contributed by atoms with Crippen LogP contribution in [0.4, 0.5) is 5.69 Å². The number of hydrogen-bond acceptors (Lipinski definition) is 5. The molecular formula is C15H17N5OS. The number of hydrogen-bond donors (Lipinski definition) is 0. The summed E-state index contributed by atoms with van der Waals surface area (Å²) in [5.74, 6) is 1.78. The normalized spacial score (nSPS) is 21.5. The molecule has 1 saturated carbocycles. The smallest absolute Gasteiger partial charge is 0.240 e. The van der Waals surface area contributed by atoms with Gasteiger partial charge in [-0.05, 0) is 41.8 Å². The van der Waals surface area contributed by atoms with Gasteiger partial charge in [0.15, 0.2) is 5.82 Å². The van der Waals surface area contributed by atoms with Gasteiger partial charge in [0.1, 0.15) is 0 Å². The Morgan fingerprint density at radius 2 is 2.00 bits per heavy atom. The van der Waals surface area contributed by atoms with Gasteiger partial charge in [0.05, 0.1) is 17.0 Å². The highest BCUT2D eigenvalue weighted by Gasteiger charge is 2.34. The van der Waals surface area contributed by atoms with Crippen molar-refractivity contribution in [2.75, 3.05) is 11.4 Å². The molecular weight excluding hydrogens is 298 g/mol. The van der Waals surface area contributed by atoms with Crippen molar-refractivity contribution in [1.82, 2.24) is 20.2 Å². The number of thioether (sulfide) groups is 1. The maximum Gasteiger partial charge on any atom is 0.240 e. The largest absolute Gasteiger partial charge is 0.311 e. The van der Waals surface area contributed by atoms with E-state index in [-0.39, 0.29) is 11.2 Å². The second kappa shape index (κ2) is 5.72. The minimum absolute atomic E-state index is 0.00422. The summed E-state index contributed by atoms with van der Waals surface area (Å²) in [6.45, 7) is 0.786. The van der Waals surface area contributed by atoms with E-state index in [4.69, 9.17) is 0 Å². The van der Waals surface area contributed by atoms with Crippen molar-refractivity contribution in [2.24, 2.45) is 0 Å². The number of benzene rings is 1. The first-order valence-corrected chi connectivity index (χ1v) is 8.62. The van der Waals surface area contributed by atoms with Gasteiger partial charge in [-0.25, -0.2) is 4.68 Å². The third kappa shape index (κ3) is 2.61. The molecule has 1 unspecified atom stereocenters. The minimum atomic E-state index is 0.00422. The molecule has 0 bridgehead atoms. The molecule has 1 saturated heterocycles. The summed E-state index contributed by atoms with van der Waals surface area (Å²) in [6, 6.07) is 10.3. The number of amides is 1. The van der Waals surface area contributed by atoms with Crippen LogP contribution in [0.5, 0.6) is 0 Å². The van der Waals surface area contributed by atoms with Gasteiger partial charge in [0, 0.05) is 12.2 Å². The number of anilines is 1. The number of para-hydroxylation sites is 1. The first-order valence-electron chi connectivity index (χ1n) is 7.58. The van der Waals surface area contributed by atoms with Gasteiger partial charge in [-0.1, -0.05) is 18.2 Å². The highest BCUT2D eigenvalue weighted by atomic mass is 32.2. The minimum Gasteiger partial charge on any atom is -0.311 e. The van der Waals surface area contributed by atoms with Crippen LogP contribution in [0.25, 0.3) is 0 Å². The predicted molar refractivity (Wildman–Crippen MR) is 84.6 cm³/mol. The molecule has 1 amide bonds. The Hall–Kier alpha value is -1.89. The van der Waals surface area contributed by atoms with Gasteiger partial charge in [0.25, 0.3) is 0 Å². The zero-order chi connectivity index (χ0) is 14.9. The fraction of sp³-hybridized carbons (Fsp3) is 0.467. The van der Waals surface area contributed by atoms with Gasteiger partial charge in [-0.15, -0.1) is 16.9 Å². The lowest BCUT2D eigenvalue weighted by atomic mass is 10.3. The van der Waals surface area contributed by atoms with Crippen molar-refractivity contribution >= 4 is 23.4 Å². The summed E-state index contributed by atoms with van der Waals surface area (Å²) in [6.07, 6.45) is 3.20. The topological polar surface area (TPSA) is 63.9 Å². The second-order valence-corrected chi connectivity index (χ2v) is 6.88. The molecule has 114 valence electrons. The van der Waals surface area contributed by atoms with Gasteiger partial charge >= 0.3 is 0 Å². The molecule has 1 atom stereocenters. The van der Waals surface area contributed by atoms with E-state index in [0.29, 0.717) is 11.8 Å². The number of carbonyl (C=O) groups is 1. The Labute approximate surface area is 132 Å². The van der Waals surface area contributed by atoms with Crippen LogP contribution >= 0.6 is 11.8 Å². The maximum atomic E-state index is 12.5. The lowest BCUT2D eigenvalue weighted by Crippen LogP contribution is -2.28. The summed E-state index contributed by atoms with van der Waals surface area (Å²) < 4.78 is 1.92. The Bertz CT molecular complexity index is 670. The van der Waals surface area contributed by atoms with E-state index in [9.17, 15) is 4.79 Å². The number of carbonyl (C=O) groups excluding carboxylic acids is 1. The van der Waals surface area contributed by atoms with Crippen LogP contribution in [-0.2, 0) is 10.5 Å². The zero-order valence-electron chi connectivity index (χ0n) is 12.1. The molecule has 2 aromatic rings. The Morgan fingerprint density at radius 1 is 1.18 bits per heavy atom. The molecule has 22 heavy (non-hydrogen) atoms. The van der Waals surface area contributed by atoms with E-state index in [1.807, 2.05) is 39.9 Å². The van der Waals surface area contributed by atoms with Crippen LogP contribution in [0, 0.1) is 0 Å². The first-order chi connectivity index (χ1) is 10.8. The molecule has 1 aromatic carbocycles. The molecule has 2 heterocycles. The molecule has 2 fully saturated rings. The van der Waals surface area contributed by atoms with Crippen LogP contribution in [0.3, 0.4) is 0 Å². The van der Waals surface area contributed by atoms with E-state index in [1.165, 1.54) is 0 Å². The Morgan fingerprint density at radius 3 is 2.77 bits per heavy atom. The number of rotatable bonds is 5. The fourth-order valence-electron chi connectivity index (χ4n) is 2.76. The Kier molecular flexibility index (Phi) is 3.57. The molecule has 0 N–H and O–H groups in total. The van der Waals surface area contributed by atoms with Crippen LogP contribution in [0.2, 0.25) is 0 Å². The third-order valence-corrected chi connectivity index (χ3v) is 5.36. The zero-order valence-corrected chi connectivity index (χ0v) is 12.9. The lowest BCUT2D eigenvalue weighted by Gasteiger charge is -2.16. The molecule has 2 aliphatic rings. The average molecular weight is 315 g/mol. The molecule has 7 heteroatoms. The van der Waals surface area contributed by atoms with E-state index >= 15 is 0 Å². The predicted octanol–water partition coefficient (Wildman–Crippen LogP) is 2.05. The number of aromatic nitrogens is 4. The van der Waals surface area contributed by atoms with Crippen molar-refractivity contribution in [2.45, 2.75) is 36.3 Å². The van der Waals surface area contributed by atoms with Crippen LogP contribution < -0.4 is 4.90 Å². The third-order valence-electron chi connectivity index (χ3n) is 4.09. The molecule has 1 aliphatic carbocycles. The summed E-state index contributed by atoms with van der Waals surface area (Å²) in [7, 11) is 0. The monoisotopic (exact) mass is 315 g/mol. The van der Waals surface area contributed by atoms with E-state index in [2.05, 4.69) is 15.5 Å². The van der Waals surface area contributed by atoms with Crippen LogP contribution in [-0.4, -0.2) is 37.9 Å². The highest BCUT2D eigenvalue weighted by molar-refractivity contribution is 7.99. The van der Waals surface area contributed by atoms with Gasteiger partial charge < -0.3 is 4.90 Å². The Balaban J connectivity index is 1.40. The fourth-order valence-corrected chi connectivity index (χ4v) is 3.84. The number of tetrazole rings is 1. The molecule has 1 aliphatic heterocycles. The van der Waals surface area contributed by atoms with Gasteiger partial charge in [-0.3, -0.25) is 4.79 Å². The van der Waals surface area contributed by atoms with Crippen molar-refractivity contribution in [3.63, 3.8) is 0 Å². The van der Waals surface area contributed by atoms with E-state index in [0.717, 1.165) is 37.3 Å². The van der Waals surface area contributed by atoms with Crippen LogP contribution in [0.15, 0.2) is 30.3 Å². The van der Waals surface area contributed by atoms with E-state index in [1.54, 1.807) is 11.8 Å². The maximum absolute atomic E-state index is 12.5. The number of nitrogens with zero attached hydrogens (tertiary/aromatic N) is 5. The molecule has 1 aromatic heterocycles. The van der Waals surface area contributed by atoms with Crippen LogP contribution in [0.1, 0.15) is 31.1 Å². The van der Waals surface area contributed by atoms with Crippen molar-refractivity contribution in [3.8, 4) is 0 Å². The summed E-state index contributed by atoms with van der Waals surface area (Å²) in [5, 5.41) is 11.9. The van der Waals surface area contributed by atoms with Gasteiger partial charge in [-0.2, -0.15) is 0 Å². The molecule has 0 spiro atoms. The molecule has 6 nitrogen and oxygen atoms in total. The summed E-state index contributed by atoms with van der Waals surface area (Å²) >= 11 is 1.65. The SMILES string of the molecule is O=C1C(SCc2nnnn2C2CC2)CCN1c1ccccc1. The highest BCUT2D eigenvalue weighted by Crippen LogP contribution is 2.36. The van der Waals surface area contributed by atoms with Gasteiger partial charge in [0.2, 0.25) is 5.91 Å². The standard InChI is InChI=1S/C15H17N5OS/c21-15-13(8-9-19(15)11-4-2-1-3-5-11)22-10-14-16-17-18-20(14)12-6-7-12/h1-5,12-13H,6-10H2.